The second-order valence-corrected chi connectivity index (χ2v) is 6.40. The van der Waals surface area contributed by atoms with Crippen molar-refractivity contribution in [2.45, 2.75) is 6.92 Å². The van der Waals surface area contributed by atoms with Crippen molar-refractivity contribution in [3.05, 3.63) is 57.8 Å². The van der Waals surface area contributed by atoms with Crippen molar-refractivity contribution in [3.8, 4) is 22.8 Å². The average Bonchev–Trinajstić information content (AvgIpc) is 3.03. The number of amides is 1. The smallest absolute Gasteiger partial charge is 0.261 e. The van der Waals surface area contributed by atoms with E-state index in [0.29, 0.717) is 44.2 Å². The highest BCUT2D eigenvalue weighted by molar-refractivity contribution is 6.33. The van der Waals surface area contributed by atoms with Gasteiger partial charge in [-0.05, 0) is 19.1 Å². The van der Waals surface area contributed by atoms with E-state index in [4.69, 9.17) is 37.2 Å². The van der Waals surface area contributed by atoms with Gasteiger partial charge in [-0.1, -0.05) is 46.6 Å². The summed E-state index contributed by atoms with van der Waals surface area (Å²) in [5.74, 6) is 0.770. The van der Waals surface area contributed by atoms with E-state index in [-0.39, 0.29) is 5.56 Å². The zero-order valence-corrected chi connectivity index (χ0v) is 16.3. The third-order valence-corrected chi connectivity index (χ3v) is 4.57. The molecule has 0 unspecified atom stereocenters. The zero-order valence-electron chi connectivity index (χ0n) is 14.8. The number of hydrogen-bond acceptors (Lipinski definition) is 5. The molecule has 8 heteroatoms. The molecule has 0 atom stereocenters. The van der Waals surface area contributed by atoms with E-state index >= 15 is 0 Å². The van der Waals surface area contributed by atoms with Gasteiger partial charge >= 0.3 is 0 Å². The lowest BCUT2D eigenvalue weighted by Gasteiger charge is -2.13. The van der Waals surface area contributed by atoms with Crippen molar-refractivity contribution in [1.82, 2.24) is 5.16 Å². The lowest BCUT2D eigenvalue weighted by Crippen LogP contribution is -2.14. The Labute approximate surface area is 166 Å². The Balaban J connectivity index is 2.00. The lowest BCUT2D eigenvalue weighted by molar-refractivity contribution is 0.102. The van der Waals surface area contributed by atoms with Crippen molar-refractivity contribution in [2.75, 3.05) is 19.5 Å². The first-order chi connectivity index (χ1) is 13.0. The standard InChI is InChI=1S/C19H16Cl2N2O4/c1-10-17(18(23-27-10)11-6-4-5-7-12(11)20)19(24)22-14-8-13(21)15(25-2)9-16(14)26-3/h4-9H,1-3H3,(H,22,24). The molecule has 3 rings (SSSR count). The van der Waals surface area contributed by atoms with Crippen molar-refractivity contribution in [1.29, 1.82) is 0 Å². The highest BCUT2D eigenvalue weighted by Gasteiger charge is 2.24. The molecule has 0 aliphatic carbocycles. The van der Waals surface area contributed by atoms with E-state index < -0.39 is 5.91 Å². The number of hydrogen-bond donors (Lipinski definition) is 1. The van der Waals surface area contributed by atoms with Crippen LogP contribution in [0.2, 0.25) is 10.0 Å². The number of nitrogens with zero attached hydrogens (tertiary/aromatic N) is 1. The van der Waals surface area contributed by atoms with E-state index in [1.165, 1.54) is 14.2 Å². The van der Waals surface area contributed by atoms with E-state index in [1.807, 2.05) is 0 Å². The Morgan fingerprint density at radius 2 is 1.78 bits per heavy atom. The van der Waals surface area contributed by atoms with Crippen molar-refractivity contribution < 1.29 is 18.8 Å². The van der Waals surface area contributed by atoms with Gasteiger partial charge in [0.2, 0.25) is 0 Å². The predicted molar refractivity (Wildman–Crippen MR) is 104 cm³/mol. The molecular weight excluding hydrogens is 391 g/mol. The molecule has 0 saturated heterocycles. The summed E-state index contributed by atoms with van der Waals surface area (Å²) >= 11 is 12.4. The minimum Gasteiger partial charge on any atom is -0.495 e. The summed E-state index contributed by atoms with van der Waals surface area (Å²) in [6.45, 7) is 1.65. The maximum atomic E-state index is 13.0. The SMILES string of the molecule is COc1cc(OC)c(NC(=O)c2c(-c3ccccc3Cl)noc2C)cc1Cl. The van der Waals surface area contributed by atoms with Crippen LogP contribution in [0.3, 0.4) is 0 Å². The molecule has 3 aromatic rings. The number of aryl methyl sites for hydroxylation is 1. The van der Waals surface area contributed by atoms with Crippen molar-refractivity contribution >= 4 is 34.8 Å². The molecule has 6 nitrogen and oxygen atoms in total. The first-order valence-corrected chi connectivity index (χ1v) is 8.66. The molecule has 27 heavy (non-hydrogen) atoms. The first kappa shape index (κ1) is 19.1. The molecule has 0 saturated carbocycles. The van der Waals surface area contributed by atoms with Crippen LogP contribution in [0.4, 0.5) is 5.69 Å². The molecule has 1 aromatic heterocycles. The van der Waals surface area contributed by atoms with Crippen LogP contribution in [0.15, 0.2) is 40.9 Å². The topological polar surface area (TPSA) is 73.6 Å². The van der Waals surface area contributed by atoms with Crippen LogP contribution in [-0.4, -0.2) is 25.3 Å². The number of benzene rings is 2. The summed E-state index contributed by atoms with van der Waals surface area (Å²) in [6.07, 6.45) is 0. The molecule has 1 heterocycles. The highest BCUT2D eigenvalue weighted by Crippen LogP contribution is 2.37. The van der Waals surface area contributed by atoms with E-state index in [1.54, 1.807) is 43.3 Å². The molecule has 1 N–H and O–H groups in total. The fourth-order valence-corrected chi connectivity index (χ4v) is 3.09. The second kappa shape index (κ2) is 7.90. The monoisotopic (exact) mass is 406 g/mol. The van der Waals surface area contributed by atoms with Gasteiger partial charge in [0.25, 0.3) is 5.91 Å². The Morgan fingerprint density at radius 3 is 2.44 bits per heavy atom. The third-order valence-electron chi connectivity index (χ3n) is 3.94. The van der Waals surface area contributed by atoms with Crippen LogP contribution in [0.5, 0.6) is 11.5 Å². The van der Waals surface area contributed by atoms with Gasteiger partial charge in [0.05, 0.1) is 30.0 Å². The predicted octanol–water partition coefficient (Wildman–Crippen LogP) is 5.23. The van der Waals surface area contributed by atoms with Gasteiger partial charge in [-0.15, -0.1) is 0 Å². The van der Waals surface area contributed by atoms with Crippen LogP contribution in [-0.2, 0) is 0 Å². The average molecular weight is 407 g/mol. The van der Waals surface area contributed by atoms with Crippen LogP contribution in [0.1, 0.15) is 16.1 Å². The van der Waals surface area contributed by atoms with Crippen LogP contribution in [0, 0.1) is 6.92 Å². The molecule has 1 amide bonds. The van der Waals surface area contributed by atoms with Crippen LogP contribution >= 0.6 is 23.2 Å². The van der Waals surface area contributed by atoms with Gasteiger partial charge in [0.15, 0.2) is 0 Å². The second-order valence-electron chi connectivity index (χ2n) is 5.58. The lowest BCUT2D eigenvalue weighted by atomic mass is 10.1. The van der Waals surface area contributed by atoms with Crippen molar-refractivity contribution in [2.24, 2.45) is 0 Å². The summed E-state index contributed by atoms with van der Waals surface area (Å²) in [5, 5.41) is 7.58. The number of aromatic nitrogens is 1. The number of rotatable bonds is 5. The first-order valence-electron chi connectivity index (χ1n) is 7.90. The highest BCUT2D eigenvalue weighted by atomic mass is 35.5. The summed E-state index contributed by atoms with van der Waals surface area (Å²) < 4.78 is 15.7. The van der Waals surface area contributed by atoms with Gasteiger partial charge in [-0.3, -0.25) is 4.79 Å². The number of halogens is 2. The fraction of sp³-hybridized carbons (Fsp3) is 0.158. The number of methoxy groups -OCH3 is 2. The molecule has 0 spiro atoms. The minimum absolute atomic E-state index is 0.275. The molecule has 140 valence electrons. The zero-order chi connectivity index (χ0) is 19.6. The maximum absolute atomic E-state index is 13.0. The third kappa shape index (κ3) is 3.72. The van der Waals surface area contributed by atoms with Crippen molar-refractivity contribution in [3.63, 3.8) is 0 Å². The van der Waals surface area contributed by atoms with E-state index in [2.05, 4.69) is 10.5 Å². The number of anilines is 1. The van der Waals surface area contributed by atoms with E-state index in [0.717, 1.165) is 0 Å². The van der Waals surface area contributed by atoms with Gasteiger partial charge < -0.3 is 19.3 Å². The van der Waals surface area contributed by atoms with Gasteiger partial charge in [-0.25, -0.2) is 0 Å². The summed E-state index contributed by atoms with van der Waals surface area (Å²) in [7, 11) is 2.98. The summed E-state index contributed by atoms with van der Waals surface area (Å²) in [6, 6.07) is 10.2. The van der Waals surface area contributed by atoms with Gasteiger partial charge in [0, 0.05) is 11.6 Å². The molecular formula is C19H16Cl2N2O4. The van der Waals surface area contributed by atoms with Crippen LogP contribution in [0.25, 0.3) is 11.3 Å². The van der Waals surface area contributed by atoms with E-state index in [9.17, 15) is 4.79 Å². The minimum atomic E-state index is -0.428. The molecule has 0 aliphatic rings. The molecule has 0 bridgehead atoms. The number of nitrogens with one attached hydrogen (secondary N) is 1. The molecule has 0 fully saturated rings. The number of carbonyl (C=O) groups excluding carboxylic acids is 1. The quantitative estimate of drug-likeness (QED) is 0.627. The fourth-order valence-electron chi connectivity index (χ4n) is 2.62. The normalized spacial score (nSPS) is 10.6. The Bertz CT molecular complexity index is 1000. The molecule has 0 aliphatic heterocycles. The summed E-state index contributed by atoms with van der Waals surface area (Å²) in [4.78, 5) is 13.0. The Morgan fingerprint density at radius 1 is 1.07 bits per heavy atom. The maximum Gasteiger partial charge on any atom is 0.261 e. The molecule has 0 radical (unpaired) electrons. The number of ether oxygens (including phenoxy) is 2. The van der Waals surface area contributed by atoms with Crippen LogP contribution < -0.4 is 14.8 Å². The molecule has 2 aromatic carbocycles. The van der Waals surface area contributed by atoms with Gasteiger partial charge in [0.1, 0.15) is 28.5 Å². The Hall–Kier alpha value is -2.70. The van der Waals surface area contributed by atoms with Gasteiger partial charge in [-0.2, -0.15) is 0 Å². The Kier molecular flexibility index (Phi) is 5.58. The number of carbonyl (C=O) groups is 1. The largest absolute Gasteiger partial charge is 0.495 e. The summed E-state index contributed by atoms with van der Waals surface area (Å²) in [5.41, 5.74) is 1.62.